The van der Waals surface area contributed by atoms with Crippen LogP contribution in [0.2, 0.25) is 5.02 Å². The van der Waals surface area contributed by atoms with Gasteiger partial charge in [0.25, 0.3) is 0 Å². The molecule has 1 aromatic carbocycles. The molecule has 1 atom stereocenters. The second-order valence-electron chi connectivity index (χ2n) is 7.63. The normalized spacial score (nSPS) is 11.6. The van der Waals surface area contributed by atoms with Crippen molar-refractivity contribution in [3.8, 4) is 5.75 Å². The van der Waals surface area contributed by atoms with Gasteiger partial charge in [0.15, 0.2) is 17.1 Å². The molecule has 2 aromatic heterocycles. The monoisotopic (exact) mass is 566 g/mol. The number of rotatable bonds is 11. The highest BCUT2D eigenvalue weighted by Gasteiger charge is 2.27. The fourth-order valence-electron chi connectivity index (χ4n) is 3.32. The van der Waals surface area contributed by atoms with Crippen molar-refractivity contribution in [1.29, 1.82) is 0 Å². The lowest BCUT2D eigenvalue weighted by atomic mass is 10.1. The van der Waals surface area contributed by atoms with Crippen molar-refractivity contribution in [3.63, 3.8) is 0 Å². The van der Waals surface area contributed by atoms with Crippen LogP contribution in [0.4, 0.5) is 5.00 Å². The first-order valence-electron chi connectivity index (χ1n) is 11.4. The Morgan fingerprint density at radius 3 is 2.49 bits per heavy atom. The summed E-state index contributed by atoms with van der Waals surface area (Å²) >= 11 is 8.31. The first kappa shape index (κ1) is 28.5. The number of benzene rings is 1. The number of esters is 2. The predicted octanol–water partition coefficient (Wildman–Crippen LogP) is 5.06. The molecule has 37 heavy (non-hydrogen) atoms. The lowest BCUT2D eigenvalue weighted by Gasteiger charge is -2.15. The molecule has 0 saturated carbocycles. The van der Waals surface area contributed by atoms with Gasteiger partial charge in [0.1, 0.15) is 15.6 Å². The van der Waals surface area contributed by atoms with Gasteiger partial charge in [-0.1, -0.05) is 35.5 Å². The third-order valence-corrected chi connectivity index (χ3v) is 7.56. The van der Waals surface area contributed by atoms with Gasteiger partial charge in [-0.3, -0.25) is 4.79 Å². The lowest BCUT2D eigenvalue weighted by Crippen LogP contribution is -2.17. The fraction of sp³-hybridized carbons (Fsp3) is 0.375. The third-order valence-electron chi connectivity index (χ3n) is 5.05. The van der Waals surface area contributed by atoms with E-state index in [9.17, 15) is 14.4 Å². The first-order valence-corrected chi connectivity index (χ1v) is 13.6. The van der Waals surface area contributed by atoms with Crippen molar-refractivity contribution in [2.75, 3.05) is 24.3 Å². The van der Waals surface area contributed by atoms with Gasteiger partial charge in [-0.25, -0.2) is 9.59 Å². The van der Waals surface area contributed by atoms with E-state index in [4.69, 9.17) is 25.8 Å². The van der Waals surface area contributed by atoms with E-state index in [1.165, 1.54) is 0 Å². The van der Waals surface area contributed by atoms with Crippen LogP contribution in [0.15, 0.2) is 29.4 Å². The second-order valence-corrected chi connectivity index (χ2v) is 10.00. The zero-order chi connectivity index (χ0) is 27.1. The Labute approximate surface area is 227 Å². The van der Waals surface area contributed by atoms with Gasteiger partial charge in [-0.15, -0.1) is 21.5 Å². The summed E-state index contributed by atoms with van der Waals surface area (Å²) in [7, 11) is 1.77. The maximum absolute atomic E-state index is 12.8. The minimum Gasteiger partial charge on any atom is -0.481 e. The summed E-state index contributed by atoms with van der Waals surface area (Å²) in [5.74, 6) is -0.512. The Balaban J connectivity index is 1.70. The molecule has 0 radical (unpaired) electrons. The molecule has 10 nitrogen and oxygen atoms in total. The SMILES string of the molecule is CCOC(=O)c1sc(NC(=O)CSc2nnc(C(C)Oc3ccccc3Cl)n2C)c(C(=O)OCC)c1C. The van der Waals surface area contributed by atoms with E-state index < -0.39 is 23.9 Å². The van der Waals surface area contributed by atoms with Crippen molar-refractivity contribution < 1.29 is 28.6 Å². The van der Waals surface area contributed by atoms with Crippen LogP contribution in [0.3, 0.4) is 0 Å². The number of ether oxygens (including phenoxy) is 3. The number of anilines is 1. The summed E-state index contributed by atoms with van der Waals surface area (Å²) in [6, 6.07) is 7.13. The summed E-state index contributed by atoms with van der Waals surface area (Å²) in [5, 5.41) is 12.3. The summed E-state index contributed by atoms with van der Waals surface area (Å²) in [4.78, 5) is 37.9. The van der Waals surface area contributed by atoms with Crippen LogP contribution in [-0.2, 0) is 21.3 Å². The van der Waals surface area contributed by atoms with E-state index in [0.29, 0.717) is 27.3 Å². The van der Waals surface area contributed by atoms with E-state index in [1.54, 1.807) is 44.5 Å². The van der Waals surface area contributed by atoms with Crippen LogP contribution in [0.1, 0.15) is 58.3 Å². The Kier molecular flexibility index (Phi) is 9.95. The fourth-order valence-corrected chi connectivity index (χ4v) is 5.33. The van der Waals surface area contributed by atoms with Crippen LogP contribution in [0, 0.1) is 6.92 Å². The van der Waals surface area contributed by atoms with E-state index >= 15 is 0 Å². The molecule has 0 bridgehead atoms. The number of thioether (sulfide) groups is 1. The predicted molar refractivity (Wildman–Crippen MR) is 142 cm³/mol. The highest BCUT2D eigenvalue weighted by Crippen LogP contribution is 2.35. The largest absolute Gasteiger partial charge is 0.481 e. The van der Waals surface area contributed by atoms with Crippen molar-refractivity contribution >= 4 is 57.5 Å². The maximum atomic E-state index is 12.8. The number of nitrogens with one attached hydrogen (secondary N) is 1. The van der Waals surface area contributed by atoms with Gasteiger partial charge in [0, 0.05) is 7.05 Å². The molecule has 0 saturated heterocycles. The number of carbonyl (C=O) groups is 3. The van der Waals surface area contributed by atoms with Crippen molar-refractivity contribution in [3.05, 3.63) is 51.1 Å². The number of thiophene rings is 1. The Bertz CT molecular complexity index is 1290. The number of hydrogen-bond donors (Lipinski definition) is 1. The number of para-hydroxylation sites is 1. The van der Waals surface area contributed by atoms with Gasteiger partial charge in [-0.2, -0.15) is 0 Å². The second kappa shape index (κ2) is 12.9. The van der Waals surface area contributed by atoms with Crippen LogP contribution in [0.25, 0.3) is 0 Å². The van der Waals surface area contributed by atoms with Crippen molar-refractivity contribution in [2.45, 2.75) is 39.0 Å². The standard InChI is InChI=1S/C24H27ClN4O6S2/c1-6-33-22(31)18-13(3)19(23(32)34-7-2)37-21(18)26-17(30)12-36-24-28-27-20(29(24)5)14(4)35-16-11-9-8-10-15(16)25/h8-11,14H,6-7,12H2,1-5H3,(H,26,30). The highest BCUT2D eigenvalue weighted by atomic mass is 35.5. The number of carbonyl (C=O) groups excluding carboxylic acids is 3. The van der Waals surface area contributed by atoms with Gasteiger partial charge in [-0.05, 0) is 45.4 Å². The summed E-state index contributed by atoms with van der Waals surface area (Å²) in [5.41, 5.74) is 0.537. The molecule has 1 unspecified atom stereocenters. The molecule has 0 aliphatic rings. The van der Waals surface area contributed by atoms with Gasteiger partial charge >= 0.3 is 11.9 Å². The number of nitrogens with zero attached hydrogens (tertiary/aromatic N) is 3. The average Bonchev–Trinajstić information content (AvgIpc) is 3.38. The van der Waals surface area contributed by atoms with E-state index in [1.807, 2.05) is 19.1 Å². The van der Waals surface area contributed by atoms with Crippen LogP contribution >= 0.6 is 34.7 Å². The van der Waals surface area contributed by atoms with Gasteiger partial charge in [0.05, 0.1) is 29.6 Å². The van der Waals surface area contributed by atoms with E-state index in [2.05, 4.69) is 15.5 Å². The molecule has 3 rings (SSSR count). The molecule has 0 spiro atoms. The number of amides is 1. The minimum absolute atomic E-state index is 0.0142. The summed E-state index contributed by atoms with van der Waals surface area (Å²) < 4.78 is 17.8. The Morgan fingerprint density at radius 1 is 1.14 bits per heavy atom. The zero-order valence-electron chi connectivity index (χ0n) is 21.0. The Morgan fingerprint density at radius 2 is 1.81 bits per heavy atom. The topological polar surface area (TPSA) is 122 Å². The average molecular weight is 567 g/mol. The summed E-state index contributed by atoms with van der Waals surface area (Å²) in [6.45, 7) is 7.15. The minimum atomic E-state index is -0.625. The quantitative estimate of drug-likeness (QED) is 0.250. The smallest absolute Gasteiger partial charge is 0.348 e. The molecular weight excluding hydrogens is 540 g/mol. The molecule has 13 heteroatoms. The van der Waals surface area contributed by atoms with Crippen LogP contribution in [0.5, 0.6) is 5.75 Å². The maximum Gasteiger partial charge on any atom is 0.348 e. The summed E-state index contributed by atoms with van der Waals surface area (Å²) in [6.07, 6.45) is -0.442. The molecular formula is C24H27ClN4O6S2. The Hall–Kier alpha value is -3.09. The molecule has 2 heterocycles. The van der Waals surface area contributed by atoms with Gasteiger partial charge in [0.2, 0.25) is 5.91 Å². The third kappa shape index (κ3) is 6.82. The number of halogens is 1. The van der Waals surface area contributed by atoms with Crippen molar-refractivity contribution in [1.82, 2.24) is 14.8 Å². The highest BCUT2D eigenvalue weighted by molar-refractivity contribution is 7.99. The number of aromatic nitrogens is 3. The van der Waals surface area contributed by atoms with E-state index in [-0.39, 0.29) is 34.4 Å². The van der Waals surface area contributed by atoms with Crippen LogP contribution in [-0.4, -0.2) is 51.6 Å². The molecule has 1 amide bonds. The van der Waals surface area contributed by atoms with Crippen molar-refractivity contribution in [2.24, 2.45) is 7.05 Å². The molecule has 0 aliphatic carbocycles. The number of hydrogen-bond acceptors (Lipinski definition) is 10. The molecule has 0 aliphatic heterocycles. The lowest BCUT2D eigenvalue weighted by molar-refractivity contribution is -0.113. The molecule has 198 valence electrons. The van der Waals surface area contributed by atoms with E-state index in [0.717, 1.165) is 23.1 Å². The zero-order valence-corrected chi connectivity index (χ0v) is 23.4. The molecule has 3 aromatic rings. The van der Waals surface area contributed by atoms with Crippen LogP contribution < -0.4 is 10.1 Å². The van der Waals surface area contributed by atoms with Gasteiger partial charge < -0.3 is 24.1 Å². The molecule has 0 fully saturated rings. The molecule has 1 N–H and O–H groups in total. The first-order chi connectivity index (χ1) is 17.7.